The van der Waals surface area contributed by atoms with Gasteiger partial charge in [-0.15, -0.1) is 10.2 Å². The minimum Gasteiger partial charge on any atom is -0.497 e. The molecule has 8 nitrogen and oxygen atoms in total. The van der Waals surface area contributed by atoms with Gasteiger partial charge in [0, 0.05) is 51.7 Å². The summed E-state index contributed by atoms with van der Waals surface area (Å²) in [6.45, 7) is 9.35. The van der Waals surface area contributed by atoms with E-state index in [0.717, 1.165) is 68.6 Å². The maximum absolute atomic E-state index is 12.7. The minimum absolute atomic E-state index is 0.0752. The lowest BCUT2D eigenvalue weighted by Crippen LogP contribution is -2.51. The number of aromatic nitrogens is 2. The number of likely N-dealkylation sites (N-methyl/N-ethyl adjacent to an activating group) is 1. The zero-order valence-corrected chi connectivity index (χ0v) is 18.5. The quantitative estimate of drug-likeness (QED) is 0.759. The van der Waals surface area contributed by atoms with Crippen LogP contribution in [0.15, 0.2) is 24.3 Å². The Morgan fingerprint density at radius 3 is 2.83 bits per heavy atom. The van der Waals surface area contributed by atoms with Crippen molar-refractivity contribution in [3.8, 4) is 5.75 Å². The third-order valence-corrected chi connectivity index (χ3v) is 6.83. The molecule has 2 fully saturated rings. The highest BCUT2D eigenvalue weighted by atomic mass is 32.1. The summed E-state index contributed by atoms with van der Waals surface area (Å²) in [5, 5.41) is 12.7. The van der Waals surface area contributed by atoms with Crippen molar-refractivity contribution in [1.82, 2.24) is 24.9 Å². The largest absolute Gasteiger partial charge is 0.497 e. The fourth-order valence-electron chi connectivity index (χ4n) is 4.17. The second kappa shape index (κ2) is 9.72. The molecule has 0 spiro atoms. The molecule has 2 aliphatic heterocycles. The number of methoxy groups -OCH3 is 1. The fourth-order valence-corrected chi connectivity index (χ4v) is 4.94. The summed E-state index contributed by atoms with van der Waals surface area (Å²) in [4.78, 5) is 19.6. The summed E-state index contributed by atoms with van der Waals surface area (Å²) >= 11 is 1.42. The van der Waals surface area contributed by atoms with Gasteiger partial charge in [-0.2, -0.15) is 0 Å². The molecule has 1 aromatic heterocycles. The van der Waals surface area contributed by atoms with Gasteiger partial charge >= 0.3 is 6.03 Å². The zero-order valence-electron chi connectivity index (χ0n) is 17.7. The number of urea groups is 1. The van der Waals surface area contributed by atoms with E-state index < -0.39 is 0 Å². The lowest BCUT2D eigenvalue weighted by Gasteiger charge is -2.37. The Morgan fingerprint density at radius 2 is 2.07 bits per heavy atom. The Labute approximate surface area is 181 Å². The third-order valence-electron chi connectivity index (χ3n) is 5.99. The maximum Gasteiger partial charge on any atom is 0.323 e. The van der Waals surface area contributed by atoms with Crippen LogP contribution in [0.5, 0.6) is 5.75 Å². The minimum atomic E-state index is -0.0752. The first-order valence-corrected chi connectivity index (χ1v) is 11.4. The number of amides is 2. The van der Waals surface area contributed by atoms with Crippen LogP contribution in [-0.2, 0) is 6.42 Å². The fraction of sp³-hybridized carbons (Fsp3) is 0.571. The third kappa shape index (κ3) is 5.08. The average Bonchev–Trinajstić information content (AvgIpc) is 3.44. The van der Waals surface area contributed by atoms with Crippen LogP contribution >= 0.6 is 11.3 Å². The van der Waals surface area contributed by atoms with Crippen molar-refractivity contribution in [2.45, 2.75) is 25.8 Å². The van der Waals surface area contributed by atoms with E-state index >= 15 is 0 Å². The molecule has 2 amide bonds. The van der Waals surface area contributed by atoms with Gasteiger partial charge < -0.3 is 14.5 Å². The lowest BCUT2D eigenvalue weighted by molar-refractivity contribution is 0.103. The summed E-state index contributed by atoms with van der Waals surface area (Å²) in [5.41, 5.74) is 1.11. The monoisotopic (exact) mass is 430 g/mol. The van der Waals surface area contributed by atoms with Gasteiger partial charge in [-0.05, 0) is 30.7 Å². The number of nitrogens with one attached hydrogen (secondary N) is 1. The highest BCUT2D eigenvalue weighted by Gasteiger charge is 2.32. The molecule has 2 aliphatic rings. The van der Waals surface area contributed by atoms with Crippen molar-refractivity contribution in [3.05, 3.63) is 34.8 Å². The standard InChI is InChI=1S/C21H30N6O2S/c1-3-25-9-11-26(12-10-25)17-7-8-27(15-17)21(28)22-20-24-23-19(30-20)14-16-5-4-6-18(13-16)29-2/h4-6,13,17H,3,7-12,14-15H2,1-2H3,(H,22,24,28)/t17-/m0/s1. The predicted molar refractivity (Wildman–Crippen MR) is 118 cm³/mol. The number of likely N-dealkylation sites (tertiary alicyclic amines) is 1. The molecule has 162 valence electrons. The van der Waals surface area contributed by atoms with Crippen molar-refractivity contribution in [1.29, 1.82) is 0 Å². The molecule has 30 heavy (non-hydrogen) atoms. The normalized spacial score (nSPS) is 20.5. The first-order chi connectivity index (χ1) is 14.6. The summed E-state index contributed by atoms with van der Waals surface area (Å²) in [6, 6.07) is 8.30. The molecule has 2 saturated heterocycles. The molecule has 0 bridgehead atoms. The first kappa shape index (κ1) is 21.0. The second-order valence-electron chi connectivity index (χ2n) is 7.82. The molecule has 1 N–H and O–H groups in total. The molecule has 0 aliphatic carbocycles. The van der Waals surface area contributed by atoms with Crippen molar-refractivity contribution >= 4 is 22.5 Å². The van der Waals surface area contributed by atoms with Crippen LogP contribution in [-0.4, -0.2) is 89.9 Å². The number of rotatable bonds is 6. The van der Waals surface area contributed by atoms with Gasteiger partial charge in [-0.1, -0.05) is 30.4 Å². The Bertz CT molecular complexity index is 852. The van der Waals surface area contributed by atoms with Gasteiger partial charge in [0.05, 0.1) is 7.11 Å². The van der Waals surface area contributed by atoms with Crippen LogP contribution in [0.25, 0.3) is 0 Å². The summed E-state index contributed by atoms with van der Waals surface area (Å²) in [6.07, 6.45) is 1.71. The van der Waals surface area contributed by atoms with Crippen LogP contribution in [0.4, 0.5) is 9.93 Å². The Hall–Kier alpha value is -2.23. The maximum atomic E-state index is 12.7. The van der Waals surface area contributed by atoms with Crippen molar-refractivity contribution in [2.24, 2.45) is 0 Å². The Kier molecular flexibility index (Phi) is 6.81. The van der Waals surface area contributed by atoms with Crippen molar-refractivity contribution in [3.63, 3.8) is 0 Å². The van der Waals surface area contributed by atoms with E-state index in [4.69, 9.17) is 4.74 Å². The van der Waals surface area contributed by atoms with Crippen LogP contribution in [0.1, 0.15) is 23.9 Å². The molecular weight excluding hydrogens is 400 g/mol. The number of hydrogen-bond acceptors (Lipinski definition) is 7. The highest BCUT2D eigenvalue weighted by Crippen LogP contribution is 2.23. The molecular formula is C21H30N6O2S. The SMILES string of the molecule is CCN1CCN([C@H]2CCN(C(=O)Nc3nnc(Cc4cccc(OC)c4)s3)C2)CC1. The summed E-state index contributed by atoms with van der Waals surface area (Å²) in [5.74, 6) is 0.824. The number of nitrogens with zero attached hydrogens (tertiary/aromatic N) is 5. The van der Waals surface area contributed by atoms with Crippen molar-refractivity contribution in [2.75, 3.05) is 58.2 Å². The molecule has 1 atom stereocenters. The summed E-state index contributed by atoms with van der Waals surface area (Å²) < 4.78 is 5.27. The van der Waals surface area contributed by atoms with Crippen LogP contribution in [0, 0.1) is 0 Å². The van der Waals surface area contributed by atoms with E-state index in [1.165, 1.54) is 11.3 Å². The van der Waals surface area contributed by atoms with E-state index in [9.17, 15) is 4.79 Å². The molecule has 4 rings (SSSR count). The number of ether oxygens (including phenoxy) is 1. The van der Waals surface area contributed by atoms with Gasteiger partial charge in [0.1, 0.15) is 10.8 Å². The van der Waals surface area contributed by atoms with E-state index in [0.29, 0.717) is 17.6 Å². The topological polar surface area (TPSA) is 73.8 Å². The van der Waals surface area contributed by atoms with Gasteiger partial charge in [0.15, 0.2) is 0 Å². The average molecular weight is 431 g/mol. The molecule has 1 aromatic carbocycles. The van der Waals surface area contributed by atoms with Crippen molar-refractivity contribution < 1.29 is 9.53 Å². The van der Waals surface area contributed by atoms with Crippen LogP contribution < -0.4 is 10.1 Å². The van der Waals surface area contributed by atoms with E-state index in [-0.39, 0.29) is 6.03 Å². The molecule has 3 heterocycles. The lowest BCUT2D eigenvalue weighted by atomic mass is 10.1. The first-order valence-electron chi connectivity index (χ1n) is 10.6. The van der Waals surface area contributed by atoms with Gasteiger partial charge in [0.25, 0.3) is 0 Å². The predicted octanol–water partition coefficient (Wildman–Crippen LogP) is 2.38. The number of carbonyl (C=O) groups excluding carboxylic acids is 1. The highest BCUT2D eigenvalue weighted by molar-refractivity contribution is 7.15. The van der Waals surface area contributed by atoms with Gasteiger partial charge in [-0.3, -0.25) is 10.2 Å². The molecule has 0 radical (unpaired) electrons. The Morgan fingerprint density at radius 1 is 1.23 bits per heavy atom. The number of piperazine rings is 1. The number of hydrogen-bond donors (Lipinski definition) is 1. The Balaban J connectivity index is 1.27. The van der Waals surface area contributed by atoms with Crippen LogP contribution in [0.3, 0.4) is 0 Å². The smallest absolute Gasteiger partial charge is 0.323 e. The van der Waals surface area contributed by atoms with E-state index in [1.807, 2.05) is 29.2 Å². The summed E-state index contributed by atoms with van der Waals surface area (Å²) in [7, 11) is 1.66. The zero-order chi connectivity index (χ0) is 20.9. The second-order valence-corrected chi connectivity index (χ2v) is 8.88. The van der Waals surface area contributed by atoms with E-state index in [2.05, 4.69) is 32.2 Å². The van der Waals surface area contributed by atoms with Crippen LogP contribution in [0.2, 0.25) is 0 Å². The number of benzene rings is 1. The molecule has 9 heteroatoms. The number of anilines is 1. The molecule has 0 unspecified atom stereocenters. The number of carbonyl (C=O) groups is 1. The van der Waals surface area contributed by atoms with Gasteiger partial charge in [0.2, 0.25) is 5.13 Å². The van der Waals surface area contributed by atoms with Gasteiger partial charge in [-0.25, -0.2) is 4.79 Å². The molecule has 2 aromatic rings. The van der Waals surface area contributed by atoms with E-state index in [1.54, 1.807) is 7.11 Å². The molecule has 0 saturated carbocycles.